The van der Waals surface area contributed by atoms with Gasteiger partial charge in [-0.1, -0.05) is 23.2 Å². The third-order valence-corrected chi connectivity index (χ3v) is 5.56. The lowest BCUT2D eigenvalue weighted by atomic mass is 10.3. The molecule has 1 aliphatic rings. The maximum Gasteiger partial charge on any atom is 0.191 e. The second-order valence-electron chi connectivity index (χ2n) is 6.81. The Morgan fingerprint density at radius 1 is 1.15 bits per heavy atom. The Morgan fingerprint density at radius 3 is 2.59 bits per heavy atom. The second kappa shape index (κ2) is 13.1. The quantitative estimate of drug-likeness (QED) is 0.246. The summed E-state index contributed by atoms with van der Waals surface area (Å²) in [6, 6.07) is 1.87. The van der Waals surface area contributed by atoms with Crippen LogP contribution in [0.2, 0.25) is 10.2 Å². The molecule has 1 aromatic heterocycles. The number of likely N-dealkylation sites (N-methyl/N-ethyl adjacent to an activating group) is 1. The van der Waals surface area contributed by atoms with Gasteiger partial charge in [-0.25, -0.2) is 4.99 Å². The maximum absolute atomic E-state index is 6.12. The molecule has 0 spiro atoms. The molecule has 0 aromatic carbocycles. The van der Waals surface area contributed by atoms with Gasteiger partial charge >= 0.3 is 0 Å². The Labute approximate surface area is 190 Å². The molecule has 0 amide bonds. The molecule has 0 unspecified atom stereocenters. The molecule has 0 aliphatic carbocycles. The molecule has 1 aromatic rings. The number of nitrogens with zero attached hydrogens (tertiary/aromatic N) is 4. The number of nitrogens with one attached hydrogen (secondary N) is 2. The van der Waals surface area contributed by atoms with Crippen molar-refractivity contribution in [3.05, 3.63) is 21.9 Å². The van der Waals surface area contributed by atoms with Crippen LogP contribution in [-0.4, -0.2) is 73.2 Å². The van der Waals surface area contributed by atoms with E-state index in [2.05, 4.69) is 39.4 Å². The van der Waals surface area contributed by atoms with Crippen molar-refractivity contribution in [3.8, 4) is 0 Å². The first-order chi connectivity index (χ1) is 12.5. The van der Waals surface area contributed by atoms with Crippen molar-refractivity contribution in [2.24, 2.45) is 12.0 Å². The van der Waals surface area contributed by atoms with E-state index in [1.807, 2.05) is 17.7 Å². The van der Waals surface area contributed by atoms with E-state index >= 15 is 0 Å². The van der Waals surface area contributed by atoms with Crippen molar-refractivity contribution in [1.82, 2.24) is 25.0 Å². The first kappa shape index (κ1) is 24.8. The molecule has 2 heterocycles. The van der Waals surface area contributed by atoms with Crippen LogP contribution in [-0.2, 0) is 13.6 Å². The Kier molecular flexibility index (Phi) is 12.0. The molecular weight excluding hydrogens is 498 g/mol. The van der Waals surface area contributed by atoms with Crippen LogP contribution < -0.4 is 10.6 Å². The van der Waals surface area contributed by atoms with Gasteiger partial charge in [-0.3, -0.25) is 0 Å². The standard InChI is InChI=1S/C18H32Cl2N6.HI/c1-4-21-18(23-14-15-13-16(19)17(20)25(15)3)22-7-5-9-26-10-6-8-24(2)11-12-26;/h13H,4-12,14H2,1-3H3,(H2,21,22,23);1H. The highest BCUT2D eigenvalue weighted by atomic mass is 127. The van der Waals surface area contributed by atoms with Crippen LogP contribution in [0.15, 0.2) is 11.1 Å². The summed E-state index contributed by atoms with van der Waals surface area (Å²) in [5.74, 6) is 0.830. The minimum atomic E-state index is 0. The predicted molar refractivity (Wildman–Crippen MR) is 127 cm³/mol. The second-order valence-corrected chi connectivity index (χ2v) is 7.57. The smallest absolute Gasteiger partial charge is 0.191 e. The molecule has 6 nitrogen and oxygen atoms in total. The van der Waals surface area contributed by atoms with Gasteiger partial charge in [0.05, 0.1) is 11.6 Å². The van der Waals surface area contributed by atoms with Crippen LogP contribution in [0.4, 0.5) is 0 Å². The molecule has 2 rings (SSSR count). The SMILES string of the molecule is CCNC(=NCc1cc(Cl)c(Cl)n1C)NCCCN1CCCN(C)CC1.I. The van der Waals surface area contributed by atoms with Crippen molar-refractivity contribution in [1.29, 1.82) is 0 Å². The zero-order chi connectivity index (χ0) is 18.9. The summed E-state index contributed by atoms with van der Waals surface area (Å²) in [6.45, 7) is 10.2. The minimum absolute atomic E-state index is 0. The third kappa shape index (κ3) is 8.35. The maximum atomic E-state index is 6.12. The summed E-state index contributed by atoms with van der Waals surface area (Å²) < 4.78 is 1.87. The fraction of sp³-hybridized carbons (Fsp3) is 0.722. The van der Waals surface area contributed by atoms with Gasteiger partial charge in [0.1, 0.15) is 5.15 Å². The summed E-state index contributed by atoms with van der Waals surface area (Å²) in [6.07, 6.45) is 2.37. The molecule has 0 radical (unpaired) electrons. The molecule has 156 valence electrons. The monoisotopic (exact) mass is 530 g/mol. The molecule has 0 atom stereocenters. The van der Waals surface area contributed by atoms with Crippen molar-refractivity contribution >= 4 is 53.1 Å². The van der Waals surface area contributed by atoms with Crippen LogP contribution in [0.25, 0.3) is 0 Å². The summed E-state index contributed by atoms with van der Waals surface area (Å²) in [5, 5.41) is 7.84. The van der Waals surface area contributed by atoms with Gasteiger partial charge in [-0.2, -0.15) is 0 Å². The zero-order valence-corrected chi connectivity index (χ0v) is 20.4. The van der Waals surface area contributed by atoms with E-state index in [1.165, 1.54) is 32.6 Å². The molecule has 1 aliphatic heterocycles. The van der Waals surface area contributed by atoms with Crippen molar-refractivity contribution in [3.63, 3.8) is 0 Å². The Balaban J connectivity index is 0.00000364. The molecule has 27 heavy (non-hydrogen) atoms. The molecule has 0 bridgehead atoms. The highest BCUT2D eigenvalue weighted by Gasteiger charge is 2.11. The zero-order valence-electron chi connectivity index (χ0n) is 16.6. The average Bonchev–Trinajstić information content (AvgIpc) is 2.78. The molecule has 2 N–H and O–H groups in total. The minimum Gasteiger partial charge on any atom is -0.357 e. The van der Waals surface area contributed by atoms with E-state index in [4.69, 9.17) is 23.2 Å². The number of aliphatic imine (C=N–C) groups is 1. The largest absolute Gasteiger partial charge is 0.357 e. The van der Waals surface area contributed by atoms with Crippen LogP contribution in [0.5, 0.6) is 0 Å². The average molecular weight is 531 g/mol. The van der Waals surface area contributed by atoms with Crippen LogP contribution >= 0.6 is 47.2 Å². The van der Waals surface area contributed by atoms with E-state index in [9.17, 15) is 0 Å². The summed E-state index contributed by atoms with van der Waals surface area (Å²) >= 11 is 12.2. The van der Waals surface area contributed by atoms with Gasteiger partial charge in [0.15, 0.2) is 5.96 Å². The number of rotatable bonds is 7. The fourth-order valence-electron chi connectivity index (χ4n) is 3.08. The lowest BCUT2D eigenvalue weighted by Gasteiger charge is -2.20. The summed E-state index contributed by atoms with van der Waals surface area (Å²) in [5.41, 5.74) is 0.992. The van der Waals surface area contributed by atoms with Gasteiger partial charge < -0.3 is 25.0 Å². The number of halogens is 3. The first-order valence-corrected chi connectivity index (χ1v) is 10.2. The van der Waals surface area contributed by atoms with E-state index in [1.54, 1.807) is 0 Å². The number of guanidine groups is 1. The number of hydrogen-bond donors (Lipinski definition) is 2. The Morgan fingerprint density at radius 2 is 1.93 bits per heavy atom. The number of aromatic nitrogens is 1. The Hall–Kier alpha value is -0.220. The van der Waals surface area contributed by atoms with Crippen molar-refractivity contribution < 1.29 is 0 Å². The van der Waals surface area contributed by atoms with Crippen molar-refractivity contribution in [2.45, 2.75) is 26.3 Å². The fourth-order valence-corrected chi connectivity index (χ4v) is 3.49. The normalized spacial score (nSPS) is 16.7. The summed E-state index contributed by atoms with van der Waals surface area (Å²) in [4.78, 5) is 9.62. The lowest BCUT2D eigenvalue weighted by molar-refractivity contribution is 0.274. The predicted octanol–water partition coefficient (Wildman–Crippen LogP) is 3.03. The lowest BCUT2D eigenvalue weighted by Crippen LogP contribution is -2.39. The van der Waals surface area contributed by atoms with Gasteiger partial charge in [0.2, 0.25) is 0 Å². The van der Waals surface area contributed by atoms with Gasteiger partial charge in [-0.05, 0) is 52.5 Å². The molecule has 1 fully saturated rings. The van der Waals surface area contributed by atoms with E-state index in [-0.39, 0.29) is 24.0 Å². The first-order valence-electron chi connectivity index (χ1n) is 9.44. The topological polar surface area (TPSA) is 47.8 Å². The van der Waals surface area contributed by atoms with E-state index in [0.29, 0.717) is 16.7 Å². The molecular formula is C18H33Cl2IN6. The highest BCUT2D eigenvalue weighted by Crippen LogP contribution is 2.25. The van der Waals surface area contributed by atoms with E-state index < -0.39 is 0 Å². The third-order valence-electron chi connectivity index (χ3n) is 4.71. The number of hydrogen-bond acceptors (Lipinski definition) is 3. The van der Waals surface area contributed by atoms with Crippen LogP contribution in [0.3, 0.4) is 0 Å². The van der Waals surface area contributed by atoms with Gasteiger partial charge in [0, 0.05) is 38.9 Å². The van der Waals surface area contributed by atoms with Crippen molar-refractivity contribution in [2.75, 3.05) is 52.9 Å². The molecule has 9 heteroatoms. The highest BCUT2D eigenvalue weighted by molar-refractivity contribution is 14.0. The van der Waals surface area contributed by atoms with Gasteiger partial charge in [-0.15, -0.1) is 24.0 Å². The van der Waals surface area contributed by atoms with E-state index in [0.717, 1.165) is 37.7 Å². The van der Waals surface area contributed by atoms with Crippen LogP contribution in [0.1, 0.15) is 25.5 Å². The van der Waals surface area contributed by atoms with Crippen LogP contribution in [0, 0.1) is 0 Å². The summed E-state index contributed by atoms with van der Waals surface area (Å²) in [7, 11) is 4.11. The van der Waals surface area contributed by atoms with Gasteiger partial charge in [0.25, 0.3) is 0 Å². The molecule has 0 saturated carbocycles. The Bertz CT molecular complexity index is 593. The molecule has 1 saturated heterocycles.